The molecule has 0 saturated heterocycles. The Morgan fingerprint density at radius 1 is 1.29 bits per heavy atom. The van der Waals surface area contributed by atoms with Gasteiger partial charge in [0.15, 0.2) is 0 Å². The number of hydrogen-bond acceptors (Lipinski definition) is 3. The maximum Gasteiger partial charge on any atom is 0.0700 e. The smallest absolute Gasteiger partial charge is 0.0700 e. The largest absolute Gasteiger partial charge is 0.393 e. The van der Waals surface area contributed by atoms with Crippen LogP contribution in [0.1, 0.15) is 38.2 Å². The first kappa shape index (κ1) is 14.1. The van der Waals surface area contributed by atoms with E-state index in [-0.39, 0.29) is 12.0 Å². The van der Waals surface area contributed by atoms with E-state index in [9.17, 15) is 0 Å². The molecule has 0 saturated carbocycles. The van der Waals surface area contributed by atoms with Crippen LogP contribution in [0, 0.1) is 11.3 Å². The topological polar surface area (TPSA) is 44.0 Å². The maximum absolute atomic E-state index is 9.13. The zero-order valence-corrected chi connectivity index (χ0v) is 11.2. The molecule has 1 rings (SSSR count). The average molecular weight is 249 g/mol. The Balaban J connectivity index is 2.38. The van der Waals surface area contributed by atoms with Crippen LogP contribution in [0.5, 0.6) is 0 Å². The molecular weight excluding hydrogens is 230 g/mol. The zero-order chi connectivity index (χ0) is 12.7. The third-order valence-electron chi connectivity index (χ3n) is 2.61. The second kappa shape index (κ2) is 7.37. The van der Waals surface area contributed by atoms with Crippen molar-refractivity contribution in [2.24, 2.45) is 0 Å². The van der Waals surface area contributed by atoms with Gasteiger partial charge in [-0.15, -0.1) is 11.8 Å². The minimum absolute atomic E-state index is 0.0377. The summed E-state index contributed by atoms with van der Waals surface area (Å²) in [6, 6.07) is 10.4. The van der Waals surface area contributed by atoms with E-state index in [0.29, 0.717) is 0 Å². The van der Waals surface area contributed by atoms with Crippen LogP contribution in [0.15, 0.2) is 29.2 Å². The van der Waals surface area contributed by atoms with Crippen LogP contribution in [0.4, 0.5) is 0 Å². The number of nitriles is 1. The summed E-state index contributed by atoms with van der Waals surface area (Å²) in [4.78, 5) is 1.23. The third kappa shape index (κ3) is 5.25. The summed E-state index contributed by atoms with van der Waals surface area (Å²) in [5.41, 5.74) is 1.07. The van der Waals surface area contributed by atoms with Gasteiger partial charge in [0.2, 0.25) is 0 Å². The molecule has 2 atom stereocenters. The molecule has 1 unspecified atom stereocenters. The highest BCUT2D eigenvalue weighted by Crippen LogP contribution is 2.22. The Hall–Kier alpha value is -0.980. The molecule has 0 aliphatic rings. The summed E-state index contributed by atoms with van der Waals surface area (Å²) in [5.74, 6) is 0.988. The maximum atomic E-state index is 9.13. The quantitative estimate of drug-likeness (QED) is 0.619. The van der Waals surface area contributed by atoms with E-state index in [1.165, 1.54) is 4.90 Å². The molecule has 3 heteroatoms. The van der Waals surface area contributed by atoms with Gasteiger partial charge in [-0.2, -0.15) is 5.26 Å². The van der Waals surface area contributed by atoms with Crippen molar-refractivity contribution in [2.75, 3.05) is 5.75 Å². The minimum Gasteiger partial charge on any atom is -0.393 e. The van der Waals surface area contributed by atoms with Crippen molar-refractivity contribution >= 4 is 11.8 Å². The van der Waals surface area contributed by atoms with Gasteiger partial charge >= 0.3 is 0 Å². The predicted molar refractivity (Wildman–Crippen MR) is 72.1 cm³/mol. The fourth-order valence-electron chi connectivity index (χ4n) is 1.50. The fraction of sp³-hybridized carbons (Fsp3) is 0.500. The number of nitrogens with zero attached hydrogens (tertiary/aromatic N) is 1. The van der Waals surface area contributed by atoms with Crippen molar-refractivity contribution in [2.45, 2.75) is 43.6 Å². The molecule has 0 heterocycles. The summed E-state index contributed by atoms with van der Waals surface area (Å²) in [6.07, 6.45) is 1.68. The monoisotopic (exact) mass is 249 g/mol. The van der Waals surface area contributed by atoms with Crippen LogP contribution in [0.25, 0.3) is 0 Å². The van der Waals surface area contributed by atoms with Crippen molar-refractivity contribution in [3.63, 3.8) is 0 Å². The van der Waals surface area contributed by atoms with E-state index in [1.54, 1.807) is 11.8 Å². The highest BCUT2D eigenvalue weighted by atomic mass is 32.2. The summed E-state index contributed by atoms with van der Waals surface area (Å²) in [6.45, 7) is 3.73. The van der Waals surface area contributed by atoms with Crippen LogP contribution in [0.3, 0.4) is 0 Å². The Kier molecular flexibility index (Phi) is 6.10. The molecule has 0 aliphatic heterocycles. The van der Waals surface area contributed by atoms with Gasteiger partial charge in [0.25, 0.3) is 0 Å². The number of rotatable bonds is 6. The molecule has 92 valence electrons. The van der Waals surface area contributed by atoms with Gasteiger partial charge in [0.05, 0.1) is 18.1 Å². The number of benzene rings is 1. The molecule has 1 aromatic carbocycles. The van der Waals surface area contributed by atoms with Crippen LogP contribution in [0.2, 0.25) is 0 Å². The molecule has 2 nitrogen and oxygen atoms in total. The van der Waals surface area contributed by atoms with Gasteiger partial charge in [-0.1, -0.05) is 12.1 Å². The standard InChI is InChI=1S/C14H19NOS/c1-11(10-15)13-5-7-14(8-6-13)17-9-3-4-12(2)16/h5-8,11-12,16H,3-4,9H2,1-2H3/t11?,12-/m1/s1. The number of aliphatic hydroxyl groups is 1. The van der Waals surface area contributed by atoms with E-state index in [0.717, 1.165) is 24.2 Å². The predicted octanol–water partition coefficient (Wildman–Crippen LogP) is 3.57. The van der Waals surface area contributed by atoms with Crippen LogP contribution >= 0.6 is 11.8 Å². The Morgan fingerprint density at radius 3 is 2.47 bits per heavy atom. The van der Waals surface area contributed by atoms with Gasteiger partial charge in [-0.3, -0.25) is 0 Å². The molecule has 0 bridgehead atoms. The summed E-state index contributed by atoms with van der Waals surface area (Å²) >= 11 is 1.80. The zero-order valence-electron chi connectivity index (χ0n) is 10.4. The van der Waals surface area contributed by atoms with E-state index in [1.807, 2.05) is 26.0 Å². The van der Waals surface area contributed by atoms with Crippen LogP contribution < -0.4 is 0 Å². The van der Waals surface area contributed by atoms with Crippen molar-refractivity contribution in [3.8, 4) is 6.07 Å². The Bertz CT molecular complexity index is 367. The fourth-order valence-corrected chi connectivity index (χ4v) is 2.37. The molecule has 0 amide bonds. The van der Waals surface area contributed by atoms with Gasteiger partial charge in [-0.05, 0) is 50.1 Å². The van der Waals surface area contributed by atoms with E-state index >= 15 is 0 Å². The van der Waals surface area contributed by atoms with Crippen molar-refractivity contribution in [1.29, 1.82) is 5.26 Å². The summed E-state index contributed by atoms with van der Waals surface area (Å²) < 4.78 is 0. The van der Waals surface area contributed by atoms with Crippen molar-refractivity contribution in [3.05, 3.63) is 29.8 Å². The van der Waals surface area contributed by atoms with Gasteiger partial charge < -0.3 is 5.11 Å². The first-order valence-electron chi connectivity index (χ1n) is 5.94. The number of aliphatic hydroxyl groups excluding tert-OH is 1. The van der Waals surface area contributed by atoms with Crippen molar-refractivity contribution < 1.29 is 5.11 Å². The summed E-state index contributed by atoms with van der Waals surface area (Å²) in [5, 5.41) is 17.9. The molecule has 0 spiro atoms. The van der Waals surface area contributed by atoms with E-state index in [2.05, 4.69) is 18.2 Å². The lowest BCUT2D eigenvalue weighted by Crippen LogP contribution is -1.99. The lowest BCUT2D eigenvalue weighted by Gasteiger charge is -2.06. The molecule has 0 aliphatic carbocycles. The van der Waals surface area contributed by atoms with Gasteiger partial charge in [0, 0.05) is 4.90 Å². The lowest BCUT2D eigenvalue weighted by molar-refractivity contribution is 0.184. The summed E-state index contributed by atoms with van der Waals surface area (Å²) in [7, 11) is 0. The molecule has 0 fully saturated rings. The molecule has 0 radical (unpaired) electrons. The van der Waals surface area contributed by atoms with E-state index in [4.69, 9.17) is 10.4 Å². The molecule has 1 N–H and O–H groups in total. The van der Waals surface area contributed by atoms with Crippen molar-refractivity contribution in [1.82, 2.24) is 0 Å². The molecule has 1 aromatic rings. The normalized spacial score (nSPS) is 14.0. The van der Waals surface area contributed by atoms with Crippen LogP contribution in [-0.4, -0.2) is 17.0 Å². The second-order valence-corrected chi connectivity index (χ2v) is 5.43. The first-order chi connectivity index (χ1) is 8.13. The second-order valence-electron chi connectivity index (χ2n) is 4.26. The highest BCUT2D eigenvalue weighted by molar-refractivity contribution is 7.99. The van der Waals surface area contributed by atoms with Gasteiger partial charge in [-0.25, -0.2) is 0 Å². The third-order valence-corrected chi connectivity index (χ3v) is 3.71. The van der Waals surface area contributed by atoms with Crippen LogP contribution in [-0.2, 0) is 0 Å². The van der Waals surface area contributed by atoms with Gasteiger partial charge in [0.1, 0.15) is 0 Å². The molecule has 17 heavy (non-hydrogen) atoms. The Morgan fingerprint density at radius 2 is 1.94 bits per heavy atom. The molecular formula is C14H19NOS. The first-order valence-corrected chi connectivity index (χ1v) is 6.92. The number of thioether (sulfide) groups is 1. The van der Waals surface area contributed by atoms with E-state index < -0.39 is 0 Å². The highest BCUT2D eigenvalue weighted by Gasteiger charge is 2.03. The number of hydrogen-bond donors (Lipinski definition) is 1. The lowest BCUT2D eigenvalue weighted by atomic mass is 10.0. The molecule has 0 aromatic heterocycles. The SMILES string of the molecule is CC(C#N)c1ccc(SCCC[C@@H](C)O)cc1. The minimum atomic E-state index is -0.200. The Labute approximate surface area is 108 Å². The average Bonchev–Trinajstić information content (AvgIpc) is 2.34.